The van der Waals surface area contributed by atoms with Crippen LogP contribution in [0.15, 0.2) is 17.3 Å². The number of nitrogens with zero attached hydrogens (tertiary/aromatic N) is 2. The van der Waals surface area contributed by atoms with Crippen molar-refractivity contribution in [2.24, 2.45) is 5.10 Å². The highest BCUT2D eigenvalue weighted by atomic mass is 28.4. The van der Waals surface area contributed by atoms with E-state index in [-0.39, 0.29) is 5.60 Å². The second-order valence-corrected chi connectivity index (χ2v) is 9.77. The maximum Gasteiger partial charge on any atom is 0.184 e. The molecule has 0 heterocycles. The molecule has 4 heteroatoms. The van der Waals surface area contributed by atoms with E-state index < -0.39 is 8.32 Å². The Morgan fingerprint density at radius 1 is 1.33 bits per heavy atom. The lowest BCUT2D eigenvalue weighted by Gasteiger charge is -2.33. The fourth-order valence-corrected chi connectivity index (χ4v) is 2.83. The molecular weight excluding hydrogens is 204 g/mol. The Kier molecular flexibility index (Phi) is 4.74. The van der Waals surface area contributed by atoms with Crippen LogP contribution in [0, 0.1) is 0 Å². The molecule has 0 aromatic heterocycles. The normalized spacial score (nSPS) is 13.3. The average molecular weight is 228 g/mol. The van der Waals surface area contributed by atoms with E-state index in [0.717, 1.165) is 5.57 Å². The number of hydrazone groups is 1. The van der Waals surface area contributed by atoms with E-state index in [9.17, 15) is 0 Å². The van der Waals surface area contributed by atoms with Gasteiger partial charge in [0.05, 0.1) is 11.8 Å². The summed E-state index contributed by atoms with van der Waals surface area (Å²) >= 11 is 0. The van der Waals surface area contributed by atoms with Crippen molar-refractivity contribution in [3.05, 3.63) is 12.2 Å². The molecule has 88 valence electrons. The van der Waals surface area contributed by atoms with Crippen molar-refractivity contribution in [1.82, 2.24) is 5.01 Å². The molecule has 0 aliphatic carbocycles. The van der Waals surface area contributed by atoms with Crippen molar-refractivity contribution in [1.29, 1.82) is 0 Å². The van der Waals surface area contributed by atoms with E-state index in [0.29, 0.717) is 0 Å². The van der Waals surface area contributed by atoms with Gasteiger partial charge in [-0.2, -0.15) is 5.10 Å². The van der Waals surface area contributed by atoms with Crippen LogP contribution in [0.2, 0.25) is 19.6 Å². The Bertz CT molecular complexity index is 252. The topological polar surface area (TPSA) is 24.8 Å². The molecule has 0 spiro atoms. The zero-order chi connectivity index (χ0) is 12.3. The summed E-state index contributed by atoms with van der Waals surface area (Å²) in [5, 5.41) is 5.91. The summed E-state index contributed by atoms with van der Waals surface area (Å²) in [4.78, 5) is 0. The van der Waals surface area contributed by atoms with E-state index in [4.69, 9.17) is 4.43 Å². The van der Waals surface area contributed by atoms with Crippen molar-refractivity contribution in [3.63, 3.8) is 0 Å². The fraction of sp³-hybridized carbons (Fsp3) is 0.727. The molecule has 0 radical (unpaired) electrons. The molecule has 0 aromatic carbocycles. The first-order valence-electron chi connectivity index (χ1n) is 5.15. The van der Waals surface area contributed by atoms with Gasteiger partial charge >= 0.3 is 0 Å². The molecule has 0 N–H and O–H groups in total. The maximum atomic E-state index is 6.05. The smallest absolute Gasteiger partial charge is 0.184 e. The highest BCUT2D eigenvalue weighted by molar-refractivity contribution is 6.69. The lowest BCUT2D eigenvalue weighted by atomic mass is 10.0. The lowest BCUT2D eigenvalue weighted by Crippen LogP contribution is -2.39. The first kappa shape index (κ1) is 14.4. The highest BCUT2D eigenvalue weighted by Crippen LogP contribution is 2.23. The van der Waals surface area contributed by atoms with Gasteiger partial charge in [0.1, 0.15) is 0 Å². The lowest BCUT2D eigenvalue weighted by molar-refractivity contribution is 0.148. The predicted octanol–water partition coefficient (Wildman–Crippen LogP) is 2.72. The first-order chi connectivity index (χ1) is 6.54. The second kappa shape index (κ2) is 4.94. The summed E-state index contributed by atoms with van der Waals surface area (Å²) in [5.41, 5.74) is 0.572. The summed E-state index contributed by atoms with van der Waals surface area (Å²) in [6.07, 6.45) is 1.76. The number of hydrogen-bond donors (Lipinski definition) is 0. The fourth-order valence-electron chi connectivity index (χ4n) is 1.17. The monoisotopic (exact) mass is 228 g/mol. The first-order valence-corrected chi connectivity index (χ1v) is 8.56. The molecule has 0 rings (SSSR count). The van der Waals surface area contributed by atoms with Gasteiger partial charge in [-0.3, -0.25) is 0 Å². The summed E-state index contributed by atoms with van der Waals surface area (Å²) in [7, 11) is 2.22. The Labute approximate surface area is 94.9 Å². The zero-order valence-electron chi connectivity index (χ0n) is 11.1. The molecule has 0 saturated carbocycles. The van der Waals surface area contributed by atoms with Crippen molar-refractivity contribution >= 4 is 14.5 Å². The molecule has 0 aliphatic rings. The summed E-state index contributed by atoms with van der Waals surface area (Å²) in [6, 6.07) is 0. The zero-order valence-corrected chi connectivity index (χ0v) is 12.1. The van der Waals surface area contributed by atoms with Gasteiger partial charge in [-0.05, 0) is 39.1 Å². The van der Waals surface area contributed by atoms with Crippen LogP contribution < -0.4 is 0 Å². The third-order valence-electron chi connectivity index (χ3n) is 1.78. The Hall–Kier alpha value is -0.613. The summed E-state index contributed by atoms with van der Waals surface area (Å²) < 4.78 is 6.05. The molecule has 0 amide bonds. The van der Waals surface area contributed by atoms with Crippen molar-refractivity contribution in [3.8, 4) is 0 Å². The van der Waals surface area contributed by atoms with Crippen LogP contribution >= 0.6 is 0 Å². The van der Waals surface area contributed by atoms with E-state index >= 15 is 0 Å². The van der Waals surface area contributed by atoms with Gasteiger partial charge in [-0.25, -0.2) is 0 Å². The molecular formula is C11H24N2OSi. The molecule has 0 aromatic rings. The molecule has 15 heavy (non-hydrogen) atoms. The number of rotatable bonds is 5. The van der Waals surface area contributed by atoms with E-state index in [2.05, 4.69) is 31.3 Å². The van der Waals surface area contributed by atoms with Crippen molar-refractivity contribution < 1.29 is 4.43 Å². The van der Waals surface area contributed by atoms with Crippen LogP contribution in [-0.2, 0) is 4.43 Å². The summed E-state index contributed by atoms with van der Waals surface area (Å²) in [5.74, 6) is 0. The molecule has 3 nitrogen and oxygen atoms in total. The van der Waals surface area contributed by atoms with Gasteiger partial charge in [-0.1, -0.05) is 6.58 Å². The van der Waals surface area contributed by atoms with Crippen molar-refractivity contribution in [2.45, 2.75) is 39.1 Å². The SMILES string of the molecule is C=C(C=NN(C)C)C(C)(C)O[Si](C)(C)C. The molecule has 0 unspecified atom stereocenters. The van der Waals surface area contributed by atoms with Gasteiger partial charge in [0.15, 0.2) is 8.32 Å². The number of hydrogen-bond acceptors (Lipinski definition) is 3. The molecule has 0 atom stereocenters. The molecule has 0 saturated heterocycles. The van der Waals surface area contributed by atoms with Crippen LogP contribution in [0.4, 0.5) is 0 Å². The van der Waals surface area contributed by atoms with E-state index in [1.165, 1.54) is 0 Å². The van der Waals surface area contributed by atoms with Crippen LogP contribution in [0.5, 0.6) is 0 Å². The predicted molar refractivity (Wildman–Crippen MR) is 69.8 cm³/mol. The Balaban J connectivity index is 4.53. The van der Waals surface area contributed by atoms with Crippen LogP contribution in [0.1, 0.15) is 13.8 Å². The van der Waals surface area contributed by atoms with Crippen molar-refractivity contribution in [2.75, 3.05) is 14.1 Å². The average Bonchev–Trinajstić information content (AvgIpc) is 1.94. The minimum atomic E-state index is -1.55. The largest absolute Gasteiger partial charge is 0.409 e. The third-order valence-corrected chi connectivity index (χ3v) is 2.90. The van der Waals surface area contributed by atoms with Crippen LogP contribution in [0.25, 0.3) is 0 Å². The third kappa shape index (κ3) is 6.46. The van der Waals surface area contributed by atoms with Gasteiger partial charge in [-0.15, -0.1) is 0 Å². The molecule has 0 bridgehead atoms. The Morgan fingerprint density at radius 3 is 2.13 bits per heavy atom. The van der Waals surface area contributed by atoms with Gasteiger partial charge in [0.2, 0.25) is 0 Å². The maximum absolute atomic E-state index is 6.05. The molecule has 0 fully saturated rings. The van der Waals surface area contributed by atoms with Gasteiger partial charge < -0.3 is 9.43 Å². The van der Waals surface area contributed by atoms with E-state index in [1.54, 1.807) is 11.2 Å². The van der Waals surface area contributed by atoms with Crippen LogP contribution in [-0.4, -0.2) is 39.2 Å². The van der Waals surface area contributed by atoms with Gasteiger partial charge in [0, 0.05) is 14.1 Å². The highest BCUT2D eigenvalue weighted by Gasteiger charge is 2.28. The van der Waals surface area contributed by atoms with Gasteiger partial charge in [0.25, 0.3) is 0 Å². The van der Waals surface area contributed by atoms with E-state index in [1.807, 2.05) is 27.9 Å². The quantitative estimate of drug-likeness (QED) is 0.410. The van der Waals surface area contributed by atoms with Crippen LogP contribution in [0.3, 0.4) is 0 Å². The Morgan fingerprint density at radius 2 is 1.80 bits per heavy atom. The second-order valence-electron chi connectivity index (χ2n) is 5.34. The minimum absolute atomic E-state index is 0.329. The summed E-state index contributed by atoms with van der Waals surface area (Å²) in [6.45, 7) is 14.6. The minimum Gasteiger partial charge on any atom is -0.409 e. The standard InChI is InChI=1S/C11H24N2OSi/c1-10(9-12-13(4)5)11(2,3)14-15(6,7)8/h9H,1H2,2-8H3. The molecule has 0 aliphatic heterocycles.